The molecule has 6 nitrogen and oxygen atoms in total. The molecular weight excluding hydrogens is 252 g/mol. The zero-order valence-corrected chi connectivity index (χ0v) is 11.3. The summed E-state index contributed by atoms with van der Waals surface area (Å²) in [4.78, 5) is 24.2. The Labute approximate surface area is 110 Å². The van der Waals surface area contributed by atoms with E-state index in [1.807, 2.05) is 4.57 Å². The van der Waals surface area contributed by atoms with Crippen molar-refractivity contribution < 1.29 is 9.59 Å². The van der Waals surface area contributed by atoms with Crippen LogP contribution in [0.1, 0.15) is 32.7 Å². The lowest BCUT2D eigenvalue weighted by atomic mass is 10.4. The van der Waals surface area contributed by atoms with Crippen molar-refractivity contribution in [2.75, 3.05) is 12.3 Å². The summed E-state index contributed by atoms with van der Waals surface area (Å²) >= 11 is 1.52. The molecule has 0 aromatic carbocycles. The molecule has 0 radical (unpaired) electrons. The highest BCUT2D eigenvalue weighted by molar-refractivity contribution is 7.99. The van der Waals surface area contributed by atoms with E-state index in [4.69, 9.17) is 0 Å². The Morgan fingerprint density at radius 2 is 2.00 bits per heavy atom. The molecule has 0 N–H and O–H groups in total. The van der Waals surface area contributed by atoms with Gasteiger partial charge in [0.15, 0.2) is 5.16 Å². The lowest BCUT2D eigenvalue weighted by Crippen LogP contribution is -2.31. The normalized spacial score (nSPS) is 16.1. The van der Waals surface area contributed by atoms with E-state index in [9.17, 15) is 9.59 Å². The molecule has 1 aliphatic rings. The van der Waals surface area contributed by atoms with Crippen LogP contribution >= 0.6 is 11.8 Å². The number of amides is 2. The molecule has 0 aliphatic carbocycles. The van der Waals surface area contributed by atoms with Gasteiger partial charge in [0.2, 0.25) is 11.8 Å². The van der Waals surface area contributed by atoms with Gasteiger partial charge in [0.05, 0.1) is 0 Å². The number of carbonyl (C=O) groups is 2. The van der Waals surface area contributed by atoms with Crippen LogP contribution < -0.4 is 0 Å². The molecule has 98 valence electrons. The molecule has 0 atom stereocenters. The largest absolute Gasteiger partial charge is 0.306 e. The van der Waals surface area contributed by atoms with Gasteiger partial charge in [-0.1, -0.05) is 11.8 Å². The molecule has 0 spiro atoms. The number of rotatable bonds is 5. The molecule has 1 aromatic heterocycles. The smallest absolute Gasteiger partial charge is 0.229 e. The van der Waals surface area contributed by atoms with Gasteiger partial charge in [0.1, 0.15) is 6.33 Å². The van der Waals surface area contributed by atoms with E-state index < -0.39 is 0 Å². The number of likely N-dealkylation sites (tertiary alicyclic amines) is 1. The summed E-state index contributed by atoms with van der Waals surface area (Å²) < 4.78 is 1.97. The van der Waals surface area contributed by atoms with Crippen LogP contribution in [0, 0.1) is 0 Å². The Hall–Kier alpha value is -1.37. The van der Waals surface area contributed by atoms with E-state index in [-0.39, 0.29) is 11.8 Å². The Morgan fingerprint density at radius 3 is 2.61 bits per heavy atom. The summed E-state index contributed by atoms with van der Waals surface area (Å²) in [6.07, 6.45) is 2.40. The van der Waals surface area contributed by atoms with Crippen molar-refractivity contribution >= 4 is 23.6 Å². The number of carbonyl (C=O) groups excluding carboxylic acids is 2. The lowest BCUT2D eigenvalue weighted by molar-refractivity contribution is -0.137. The van der Waals surface area contributed by atoms with Crippen LogP contribution in [-0.4, -0.2) is 43.8 Å². The second-order valence-corrected chi connectivity index (χ2v) is 5.46. The van der Waals surface area contributed by atoms with E-state index in [1.54, 1.807) is 6.33 Å². The molecule has 7 heteroatoms. The van der Waals surface area contributed by atoms with Crippen LogP contribution in [-0.2, 0) is 9.59 Å². The maximum atomic E-state index is 11.4. The quantitative estimate of drug-likeness (QED) is 0.591. The SMILES string of the molecule is CC(C)n1cnnc1SCCN1C(=O)CCC1=O. The van der Waals surface area contributed by atoms with Crippen LogP contribution in [0.25, 0.3) is 0 Å². The van der Waals surface area contributed by atoms with Gasteiger partial charge in [-0.25, -0.2) is 0 Å². The van der Waals surface area contributed by atoms with E-state index in [1.165, 1.54) is 16.7 Å². The molecule has 1 aliphatic heterocycles. The summed E-state index contributed by atoms with van der Waals surface area (Å²) in [7, 11) is 0. The first-order valence-electron chi connectivity index (χ1n) is 5.95. The fraction of sp³-hybridized carbons (Fsp3) is 0.636. The van der Waals surface area contributed by atoms with Crippen molar-refractivity contribution in [3.8, 4) is 0 Å². The third-order valence-electron chi connectivity index (χ3n) is 2.80. The van der Waals surface area contributed by atoms with Gasteiger partial charge in [-0.2, -0.15) is 0 Å². The monoisotopic (exact) mass is 268 g/mol. The van der Waals surface area contributed by atoms with Gasteiger partial charge in [0, 0.05) is 31.2 Å². The topological polar surface area (TPSA) is 68.1 Å². The Kier molecular flexibility index (Phi) is 4.00. The predicted octanol–water partition coefficient (Wildman–Crippen LogP) is 1.10. The number of hydrogen-bond donors (Lipinski definition) is 0. The maximum Gasteiger partial charge on any atom is 0.229 e. The summed E-state index contributed by atoms with van der Waals surface area (Å²) in [6.45, 7) is 4.56. The standard InChI is InChI=1S/C11H16N4O2S/c1-8(2)15-7-12-13-11(15)18-6-5-14-9(16)3-4-10(14)17/h7-8H,3-6H2,1-2H3. The molecule has 0 saturated carbocycles. The van der Waals surface area contributed by atoms with E-state index >= 15 is 0 Å². The number of imide groups is 1. The van der Waals surface area contributed by atoms with Crippen molar-refractivity contribution in [2.24, 2.45) is 0 Å². The second kappa shape index (κ2) is 5.51. The number of aromatic nitrogens is 3. The molecular formula is C11H16N4O2S. The minimum atomic E-state index is -0.0640. The molecule has 18 heavy (non-hydrogen) atoms. The molecule has 2 rings (SSSR count). The number of hydrogen-bond acceptors (Lipinski definition) is 5. The third kappa shape index (κ3) is 2.72. The first-order chi connectivity index (χ1) is 8.59. The minimum absolute atomic E-state index is 0.0640. The first-order valence-corrected chi connectivity index (χ1v) is 6.93. The lowest BCUT2D eigenvalue weighted by Gasteiger charge is -2.13. The van der Waals surface area contributed by atoms with Crippen LogP contribution in [0.2, 0.25) is 0 Å². The fourth-order valence-electron chi connectivity index (χ4n) is 1.79. The van der Waals surface area contributed by atoms with Crippen molar-refractivity contribution in [1.29, 1.82) is 0 Å². The third-order valence-corrected chi connectivity index (χ3v) is 3.73. The Balaban J connectivity index is 1.87. The zero-order chi connectivity index (χ0) is 13.1. The van der Waals surface area contributed by atoms with Crippen molar-refractivity contribution in [3.05, 3.63) is 6.33 Å². The summed E-state index contributed by atoms with van der Waals surface area (Å²) in [6, 6.07) is 0.303. The highest BCUT2D eigenvalue weighted by Gasteiger charge is 2.28. The van der Waals surface area contributed by atoms with Crippen molar-refractivity contribution in [1.82, 2.24) is 19.7 Å². The number of thioether (sulfide) groups is 1. The van der Waals surface area contributed by atoms with E-state index in [0.29, 0.717) is 31.2 Å². The molecule has 1 fully saturated rings. The molecule has 0 unspecified atom stereocenters. The van der Waals surface area contributed by atoms with Crippen LogP contribution in [0.3, 0.4) is 0 Å². The highest BCUT2D eigenvalue weighted by atomic mass is 32.2. The van der Waals surface area contributed by atoms with E-state index in [2.05, 4.69) is 24.0 Å². The summed E-state index contributed by atoms with van der Waals surface area (Å²) in [5.74, 6) is 0.528. The molecule has 2 amide bonds. The van der Waals surface area contributed by atoms with Gasteiger partial charge in [0.25, 0.3) is 0 Å². The summed E-state index contributed by atoms with van der Waals surface area (Å²) in [5.41, 5.74) is 0. The number of nitrogens with zero attached hydrogens (tertiary/aromatic N) is 4. The van der Waals surface area contributed by atoms with Crippen molar-refractivity contribution in [2.45, 2.75) is 37.9 Å². The first kappa shape index (κ1) is 13.1. The average Bonchev–Trinajstić information content (AvgIpc) is 2.90. The second-order valence-electron chi connectivity index (χ2n) is 4.40. The van der Waals surface area contributed by atoms with E-state index in [0.717, 1.165) is 5.16 Å². The van der Waals surface area contributed by atoms with Gasteiger partial charge >= 0.3 is 0 Å². The Morgan fingerprint density at radius 1 is 1.33 bits per heavy atom. The molecule has 2 heterocycles. The highest BCUT2D eigenvalue weighted by Crippen LogP contribution is 2.20. The fourth-order valence-corrected chi connectivity index (χ4v) is 2.76. The zero-order valence-electron chi connectivity index (χ0n) is 10.5. The predicted molar refractivity (Wildman–Crippen MR) is 67.1 cm³/mol. The molecule has 0 bridgehead atoms. The molecule has 1 aromatic rings. The minimum Gasteiger partial charge on any atom is -0.306 e. The Bertz CT molecular complexity index is 442. The van der Waals surface area contributed by atoms with Crippen LogP contribution in [0.4, 0.5) is 0 Å². The van der Waals surface area contributed by atoms with Gasteiger partial charge in [-0.05, 0) is 13.8 Å². The van der Waals surface area contributed by atoms with Gasteiger partial charge in [-0.15, -0.1) is 10.2 Å². The van der Waals surface area contributed by atoms with Crippen LogP contribution in [0.5, 0.6) is 0 Å². The average molecular weight is 268 g/mol. The van der Waals surface area contributed by atoms with Gasteiger partial charge < -0.3 is 4.57 Å². The van der Waals surface area contributed by atoms with Crippen LogP contribution in [0.15, 0.2) is 11.5 Å². The van der Waals surface area contributed by atoms with Crippen molar-refractivity contribution in [3.63, 3.8) is 0 Å². The summed E-state index contributed by atoms with van der Waals surface area (Å²) in [5, 5.41) is 8.72. The maximum absolute atomic E-state index is 11.4. The van der Waals surface area contributed by atoms with Gasteiger partial charge in [-0.3, -0.25) is 14.5 Å². The molecule has 1 saturated heterocycles.